The quantitative estimate of drug-likeness (QED) is 0.694. The Morgan fingerprint density at radius 3 is 2.43 bits per heavy atom. The zero-order valence-corrected chi connectivity index (χ0v) is 17.7. The topological polar surface area (TPSA) is 74.0 Å². The van der Waals surface area contributed by atoms with Crippen LogP contribution in [0.15, 0.2) is 52.1 Å². The summed E-state index contributed by atoms with van der Waals surface area (Å²) in [6.07, 6.45) is 3.54. The molecule has 1 amide bonds. The van der Waals surface area contributed by atoms with E-state index in [0.29, 0.717) is 23.9 Å². The molecule has 1 N–H and O–H groups in total. The van der Waals surface area contributed by atoms with Crippen molar-refractivity contribution in [2.75, 3.05) is 26.2 Å². The van der Waals surface area contributed by atoms with Gasteiger partial charge in [-0.3, -0.25) is 9.59 Å². The summed E-state index contributed by atoms with van der Waals surface area (Å²) in [6.45, 7) is 4.87. The van der Waals surface area contributed by atoms with Gasteiger partial charge in [-0.15, -0.1) is 0 Å². The molecule has 1 aromatic carbocycles. The van der Waals surface area contributed by atoms with Crippen molar-refractivity contribution >= 4 is 23.3 Å². The van der Waals surface area contributed by atoms with Crippen molar-refractivity contribution in [3.63, 3.8) is 0 Å². The van der Waals surface area contributed by atoms with E-state index < -0.39 is 23.5 Å². The van der Waals surface area contributed by atoms with Gasteiger partial charge in [0, 0.05) is 18.1 Å². The third-order valence-corrected chi connectivity index (χ3v) is 6.06. The van der Waals surface area contributed by atoms with Crippen molar-refractivity contribution in [1.29, 1.82) is 0 Å². The predicted molar refractivity (Wildman–Crippen MR) is 114 cm³/mol. The number of benzene rings is 1. The van der Waals surface area contributed by atoms with E-state index in [9.17, 15) is 14.7 Å². The summed E-state index contributed by atoms with van der Waals surface area (Å²) in [4.78, 5) is 30.1. The molecular weight excluding hydrogens is 404 g/mol. The molecular formula is C23H25ClN2O4. The lowest BCUT2D eigenvalue weighted by Crippen LogP contribution is -2.40. The molecule has 30 heavy (non-hydrogen) atoms. The van der Waals surface area contributed by atoms with Crippen LogP contribution >= 0.6 is 11.6 Å². The van der Waals surface area contributed by atoms with Gasteiger partial charge in [0.05, 0.1) is 11.6 Å². The van der Waals surface area contributed by atoms with Gasteiger partial charge in [-0.25, -0.2) is 0 Å². The number of carbonyl (C=O) groups excluding carboxylic acids is 2. The van der Waals surface area contributed by atoms with Crippen LogP contribution in [0.3, 0.4) is 0 Å². The summed E-state index contributed by atoms with van der Waals surface area (Å²) in [7, 11) is 0. The highest BCUT2D eigenvalue weighted by molar-refractivity contribution is 6.30. The lowest BCUT2D eigenvalue weighted by molar-refractivity contribution is -0.129. The zero-order valence-electron chi connectivity index (χ0n) is 16.9. The molecule has 1 atom stereocenters. The highest BCUT2D eigenvalue weighted by atomic mass is 35.5. The first-order valence-corrected chi connectivity index (χ1v) is 10.7. The maximum atomic E-state index is 13.2. The molecule has 6 nitrogen and oxygen atoms in total. The van der Waals surface area contributed by atoms with E-state index >= 15 is 0 Å². The molecule has 7 heteroatoms. The summed E-state index contributed by atoms with van der Waals surface area (Å²) < 4.78 is 5.48. The van der Waals surface area contributed by atoms with E-state index in [1.807, 2.05) is 0 Å². The number of hydrogen-bond donors (Lipinski definition) is 1. The van der Waals surface area contributed by atoms with E-state index in [2.05, 4.69) is 4.90 Å². The Hall–Kier alpha value is -2.57. The van der Waals surface area contributed by atoms with Gasteiger partial charge in [-0.05, 0) is 62.7 Å². The zero-order chi connectivity index (χ0) is 21.3. The molecule has 1 fully saturated rings. The molecule has 0 bridgehead atoms. The fourth-order valence-corrected chi connectivity index (χ4v) is 4.36. The number of aryl methyl sites for hydroxylation is 1. The second kappa shape index (κ2) is 8.66. The molecule has 4 rings (SSSR count). The third-order valence-electron chi connectivity index (χ3n) is 5.80. The molecule has 2 aliphatic rings. The van der Waals surface area contributed by atoms with Gasteiger partial charge < -0.3 is 19.3 Å². The minimum Gasteiger partial charge on any atom is -0.503 e. The van der Waals surface area contributed by atoms with Crippen LogP contribution in [0.2, 0.25) is 5.02 Å². The van der Waals surface area contributed by atoms with Crippen molar-refractivity contribution in [1.82, 2.24) is 9.80 Å². The standard InChI is InChI=1S/C23H25ClN2O4/c1-15-5-10-18(30-15)21(27)19-20(16-6-8-17(24)9-7-16)26(23(29)22(19)28)14-13-25-11-3-2-4-12-25/h5-10,20,28H,2-4,11-14H2,1H3. The molecule has 158 valence electrons. The largest absolute Gasteiger partial charge is 0.503 e. The second-order valence-electron chi connectivity index (χ2n) is 7.86. The first kappa shape index (κ1) is 20.7. The summed E-state index contributed by atoms with van der Waals surface area (Å²) >= 11 is 6.04. The van der Waals surface area contributed by atoms with Crippen molar-refractivity contribution in [2.45, 2.75) is 32.2 Å². The number of piperidine rings is 1. The molecule has 0 spiro atoms. The van der Waals surface area contributed by atoms with Crippen LogP contribution in [0.1, 0.15) is 47.2 Å². The van der Waals surface area contributed by atoms with Crippen molar-refractivity contribution in [2.24, 2.45) is 0 Å². The number of aliphatic hydroxyl groups excluding tert-OH is 1. The molecule has 0 aliphatic carbocycles. The molecule has 1 saturated heterocycles. The number of likely N-dealkylation sites (tertiary alicyclic amines) is 1. The summed E-state index contributed by atoms with van der Waals surface area (Å²) in [5.41, 5.74) is 0.775. The molecule has 0 saturated carbocycles. The number of rotatable bonds is 6. The van der Waals surface area contributed by atoms with Gasteiger partial charge in [0.1, 0.15) is 5.76 Å². The van der Waals surface area contributed by atoms with Crippen LogP contribution in [0, 0.1) is 6.92 Å². The molecule has 2 aliphatic heterocycles. The highest BCUT2D eigenvalue weighted by Gasteiger charge is 2.44. The monoisotopic (exact) mass is 428 g/mol. The second-order valence-corrected chi connectivity index (χ2v) is 8.29. The molecule has 0 radical (unpaired) electrons. The van der Waals surface area contributed by atoms with Gasteiger partial charge in [-0.2, -0.15) is 0 Å². The SMILES string of the molecule is Cc1ccc(C(=O)C2=C(O)C(=O)N(CCN3CCCCC3)C2c2ccc(Cl)cc2)o1. The number of hydrogen-bond acceptors (Lipinski definition) is 5. The third kappa shape index (κ3) is 4.02. The maximum absolute atomic E-state index is 13.2. The van der Waals surface area contributed by atoms with Gasteiger partial charge in [0.25, 0.3) is 5.91 Å². The normalized spacial score (nSPS) is 20.3. The van der Waals surface area contributed by atoms with Crippen LogP contribution in [0.4, 0.5) is 0 Å². The Morgan fingerprint density at radius 1 is 1.10 bits per heavy atom. The van der Waals surface area contributed by atoms with Crippen LogP contribution < -0.4 is 0 Å². The van der Waals surface area contributed by atoms with E-state index in [0.717, 1.165) is 31.5 Å². The molecule has 2 aromatic rings. The van der Waals surface area contributed by atoms with E-state index in [1.54, 1.807) is 48.2 Å². The van der Waals surface area contributed by atoms with E-state index in [-0.39, 0.29) is 11.3 Å². The Labute approximate surface area is 180 Å². The van der Waals surface area contributed by atoms with Crippen molar-refractivity contribution < 1.29 is 19.1 Å². The highest BCUT2D eigenvalue weighted by Crippen LogP contribution is 2.39. The Kier molecular flexibility index (Phi) is 5.97. The van der Waals surface area contributed by atoms with Gasteiger partial charge in [-0.1, -0.05) is 30.2 Å². The maximum Gasteiger partial charge on any atom is 0.290 e. The first-order chi connectivity index (χ1) is 14.5. The summed E-state index contributed by atoms with van der Waals surface area (Å²) in [5.74, 6) is -0.813. The van der Waals surface area contributed by atoms with Gasteiger partial charge in [0.2, 0.25) is 5.78 Å². The molecule has 3 heterocycles. The van der Waals surface area contributed by atoms with Crippen LogP contribution in [0.5, 0.6) is 0 Å². The average Bonchev–Trinajstić information content (AvgIpc) is 3.29. The Balaban J connectivity index is 1.66. The number of furan rings is 1. The van der Waals surface area contributed by atoms with Crippen LogP contribution in [0.25, 0.3) is 0 Å². The lowest BCUT2D eigenvalue weighted by atomic mass is 9.95. The molecule has 1 aromatic heterocycles. The fourth-order valence-electron chi connectivity index (χ4n) is 4.23. The molecule has 1 unspecified atom stereocenters. The first-order valence-electron chi connectivity index (χ1n) is 10.3. The van der Waals surface area contributed by atoms with Crippen molar-refractivity contribution in [3.05, 3.63) is 69.8 Å². The summed E-state index contributed by atoms with van der Waals surface area (Å²) in [5, 5.41) is 11.2. The minimum atomic E-state index is -0.683. The average molecular weight is 429 g/mol. The van der Waals surface area contributed by atoms with E-state index in [1.165, 1.54) is 6.42 Å². The predicted octanol–water partition coefficient (Wildman–Crippen LogP) is 4.31. The van der Waals surface area contributed by atoms with Crippen molar-refractivity contribution in [3.8, 4) is 0 Å². The number of Topliss-reactive ketones (excluding diaryl/α,β-unsaturated/α-hetero) is 1. The number of ketones is 1. The minimum absolute atomic E-state index is 0.0512. The van der Waals surface area contributed by atoms with Gasteiger partial charge in [0.15, 0.2) is 11.5 Å². The van der Waals surface area contributed by atoms with Gasteiger partial charge >= 0.3 is 0 Å². The number of amides is 1. The fraction of sp³-hybridized carbons (Fsp3) is 0.391. The lowest BCUT2D eigenvalue weighted by Gasteiger charge is -2.31. The number of halogens is 1. The summed E-state index contributed by atoms with van der Waals surface area (Å²) in [6, 6.07) is 9.58. The smallest absolute Gasteiger partial charge is 0.290 e. The number of nitrogens with zero attached hydrogens (tertiary/aromatic N) is 2. The Bertz CT molecular complexity index is 973. The van der Waals surface area contributed by atoms with Crippen LogP contribution in [-0.4, -0.2) is 52.8 Å². The Morgan fingerprint density at radius 2 is 1.80 bits per heavy atom. The number of carbonyl (C=O) groups is 2. The van der Waals surface area contributed by atoms with E-state index in [4.69, 9.17) is 16.0 Å². The number of aliphatic hydroxyl groups is 1. The van der Waals surface area contributed by atoms with Crippen LogP contribution in [-0.2, 0) is 4.79 Å².